The number of carbonyl (C=O) groups excluding carboxylic acids is 1. The summed E-state index contributed by atoms with van der Waals surface area (Å²) in [5.41, 5.74) is 0. The molecule has 0 aromatic rings. The Hall–Kier alpha value is -0.0800. The minimum atomic E-state index is 0. The highest BCUT2D eigenvalue weighted by molar-refractivity contribution is 5.85. The molecule has 3 heteroatoms. The summed E-state index contributed by atoms with van der Waals surface area (Å²) >= 11 is 0. The molecule has 2 aliphatic heterocycles. The lowest BCUT2D eigenvalue weighted by molar-refractivity contribution is -0.124. The van der Waals surface area contributed by atoms with E-state index in [1.54, 1.807) is 0 Å². The highest BCUT2D eigenvalue weighted by Crippen LogP contribution is 2.28. The summed E-state index contributed by atoms with van der Waals surface area (Å²) in [6, 6.07) is 1.03. The first-order chi connectivity index (χ1) is 4.77. The summed E-state index contributed by atoms with van der Waals surface area (Å²) in [6.07, 6.45) is 3.19. The molecular weight excluding hydrogens is 162 g/mol. The Kier molecular flexibility index (Phi) is 2.55. The lowest BCUT2D eigenvalue weighted by Gasteiger charge is -2.25. The lowest BCUT2D eigenvalue weighted by atomic mass is 9.93. The number of nitrogens with one attached hydrogen (secondary N) is 1. The Bertz CT molecular complexity index is 171. The normalized spacial score (nSPS) is 41.9. The predicted octanol–water partition coefficient (Wildman–Crippen LogP) is 1.14. The number of hydrogen-bond acceptors (Lipinski definition) is 2. The van der Waals surface area contributed by atoms with Crippen molar-refractivity contribution in [2.45, 2.75) is 38.3 Å². The van der Waals surface area contributed by atoms with E-state index in [1.807, 2.05) is 6.92 Å². The monoisotopic (exact) mass is 175 g/mol. The second-order valence-electron chi connectivity index (χ2n) is 3.51. The lowest BCUT2D eigenvalue weighted by Crippen LogP contribution is -2.44. The van der Waals surface area contributed by atoms with Gasteiger partial charge in [-0.15, -0.1) is 12.4 Å². The molecule has 0 aromatic carbocycles. The van der Waals surface area contributed by atoms with E-state index >= 15 is 0 Å². The number of hydrogen-bond donors (Lipinski definition) is 1. The van der Waals surface area contributed by atoms with Crippen molar-refractivity contribution in [2.24, 2.45) is 5.92 Å². The molecule has 2 heterocycles. The molecule has 2 saturated heterocycles. The van der Waals surface area contributed by atoms with Crippen LogP contribution in [0.2, 0.25) is 0 Å². The van der Waals surface area contributed by atoms with Gasteiger partial charge in [-0.1, -0.05) is 6.92 Å². The van der Waals surface area contributed by atoms with Crippen LogP contribution in [0.4, 0.5) is 0 Å². The minimum absolute atomic E-state index is 0. The summed E-state index contributed by atoms with van der Waals surface area (Å²) in [4.78, 5) is 11.2. The maximum absolute atomic E-state index is 11.2. The Balaban J connectivity index is 0.000000605. The van der Waals surface area contributed by atoms with E-state index in [2.05, 4.69) is 5.32 Å². The third-order valence-electron chi connectivity index (χ3n) is 2.83. The number of halogens is 1. The second-order valence-corrected chi connectivity index (χ2v) is 3.51. The highest BCUT2D eigenvalue weighted by Gasteiger charge is 2.37. The maximum Gasteiger partial charge on any atom is 0.138 e. The van der Waals surface area contributed by atoms with E-state index in [0.29, 0.717) is 17.9 Å². The van der Waals surface area contributed by atoms with Crippen LogP contribution in [0, 0.1) is 5.92 Å². The largest absolute Gasteiger partial charge is 0.310 e. The molecule has 2 aliphatic rings. The zero-order chi connectivity index (χ0) is 7.14. The van der Waals surface area contributed by atoms with Gasteiger partial charge < -0.3 is 5.32 Å². The van der Waals surface area contributed by atoms with Gasteiger partial charge in [-0.05, 0) is 12.8 Å². The average molecular weight is 176 g/mol. The van der Waals surface area contributed by atoms with Gasteiger partial charge in [0, 0.05) is 24.4 Å². The molecule has 0 spiro atoms. The van der Waals surface area contributed by atoms with Gasteiger partial charge in [-0.2, -0.15) is 0 Å². The van der Waals surface area contributed by atoms with Gasteiger partial charge in [-0.25, -0.2) is 0 Å². The van der Waals surface area contributed by atoms with Crippen molar-refractivity contribution in [3.8, 4) is 0 Å². The molecule has 0 aromatic heterocycles. The number of carbonyl (C=O) groups is 1. The first kappa shape index (κ1) is 9.01. The van der Waals surface area contributed by atoms with Crippen LogP contribution in [0.5, 0.6) is 0 Å². The van der Waals surface area contributed by atoms with Crippen LogP contribution < -0.4 is 5.32 Å². The molecule has 0 unspecified atom stereocenters. The van der Waals surface area contributed by atoms with Crippen molar-refractivity contribution in [2.75, 3.05) is 0 Å². The van der Waals surface area contributed by atoms with Crippen LogP contribution in [0.1, 0.15) is 26.2 Å². The van der Waals surface area contributed by atoms with Crippen LogP contribution >= 0.6 is 12.4 Å². The molecule has 64 valence electrons. The fraction of sp³-hybridized carbons (Fsp3) is 0.875. The molecular formula is C8H14ClNO. The molecule has 0 amide bonds. The van der Waals surface area contributed by atoms with Crippen LogP contribution in [0.15, 0.2) is 0 Å². The predicted molar refractivity (Wildman–Crippen MR) is 46.0 cm³/mol. The number of ketones is 1. The van der Waals surface area contributed by atoms with Gasteiger partial charge in [0.1, 0.15) is 5.78 Å². The standard InChI is InChI=1S/C8H13NO.ClH/c1-5-7-3-2-6(9-7)4-8(5)10;/h5-7,9H,2-4H2,1H3;1H/t5-,6-,7+;/m1./s1. The molecule has 0 aliphatic carbocycles. The van der Waals surface area contributed by atoms with Gasteiger partial charge in [0.2, 0.25) is 0 Å². The molecule has 2 rings (SSSR count). The Morgan fingerprint density at radius 1 is 1.45 bits per heavy atom. The summed E-state index contributed by atoms with van der Waals surface area (Å²) in [7, 11) is 0. The van der Waals surface area contributed by atoms with Gasteiger partial charge in [-0.3, -0.25) is 4.79 Å². The summed E-state index contributed by atoms with van der Waals surface area (Å²) < 4.78 is 0. The zero-order valence-corrected chi connectivity index (χ0v) is 7.49. The first-order valence-electron chi connectivity index (χ1n) is 4.06. The van der Waals surface area contributed by atoms with E-state index < -0.39 is 0 Å². The summed E-state index contributed by atoms with van der Waals surface area (Å²) in [6.45, 7) is 2.04. The van der Waals surface area contributed by atoms with Gasteiger partial charge in [0.15, 0.2) is 0 Å². The van der Waals surface area contributed by atoms with Crippen LogP contribution in [-0.4, -0.2) is 17.9 Å². The van der Waals surface area contributed by atoms with Crippen LogP contribution in [0.3, 0.4) is 0 Å². The Morgan fingerprint density at radius 3 is 2.91 bits per heavy atom. The molecule has 1 N–H and O–H groups in total. The zero-order valence-electron chi connectivity index (χ0n) is 6.67. The van der Waals surface area contributed by atoms with E-state index in [4.69, 9.17) is 0 Å². The fourth-order valence-corrected chi connectivity index (χ4v) is 2.06. The summed E-state index contributed by atoms with van der Waals surface area (Å²) in [5.74, 6) is 0.741. The van der Waals surface area contributed by atoms with E-state index in [0.717, 1.165) is 6.42 Å². The van der Waals surface area contributed by atoms with Crippen LogP contribution in [-0.2, 0) is 4.79 Å². The quantitative estimate of drug-likeness (QED) is 0.598. The van der Waals surface area contributed by atoms with Crippen molar-refractivity contribution in [3.63, 3.8) is 0 Å². The van der Waals surface area contributed by atoms with E-state index in [-0.39, 0.29) is 18.3 Å². The van der Waals surface area contributed by atoms with E-state index in [9.17, 15) is 4.79 Å². The van der Waals surface area contributed by atoms with Crippen molar-refractivity contribution in [1.29, 1.82) is 0 Å². The maximum atomic E-state index is 11.2. The van der Waals surface area contributed by atoms with Gasteiger partial charge >= 0.3 is 0 Å². The van der Waals surface area contributed by atoms with Crippen molar-refractivity contribution >= 4 is 18.2 Å². The molecule has 2 bridgehead atoms. The third-order valence-corrected chi connectivity index (χ3v) is 2.83. The first-order valence-corrected chi connectivity index (χ1v) is 4.06. The van der Waals surface area contributed by atoms with Gasteiger partial charge in [0.25, 0.3) is 0 Å². The Labute approximate surface area is 73.1 Å². The molecule has 0 saturated carbocycles. The molecule has 11 heavy (non-hydrogen) atoms. The number of fused-ring (bicyclic) bond motifs is 2. The van der Waals surface area contributed by atoms with E-state index in [1.165, 1.54) is 12.8 Å². The topological polar surface area (TPSA) is 29.1 Å². The van der Waals surface area contributed by atoms with Crippen molar-refractivity contribution in [3.05, 3.63) is 0 Å². The van der Waals surface area contributed by atoms with Crippen molar-refractivity contribution < 1.29 is 4.79 Å². The SMILES string of the molecule is C[C@H]1C(=O)C[C@H]2CC[C@@H]1N2.Cl. The number of rotatable bonds is 0. The van der Waals surface area contributed by atoms with Crippen molar-refractivity contribution in [1.82, 2.24) is 5.32 Å². The second kappa shape index (κ2) is 3.11. The minimum Gasteiger partial charge on any atom is -0.310 e. The molecule has 3 atom stereocenters. The number of piperidine rings is 1. The Morgan fingerprint density at radius 2 is 2.18 bits per heavy atom. The average Bonchev–Trinajstić information content (AvgIpc) is 2.29. The van der Waals surface area contributed by atoms with Crippen LogP contribution in [0.25, 0.3) is 0 Å². The fourth-order valence-electron chi connectivity index (χ4n) is 2.06. The number of Topliss-reactive ketones (excluding diaryl/α,β-unsaturated/α-hetero) is 1. The third kappa shape index (κ3) is 1.42. The molecule has 2 nitrogen and oxygen atoms in total. The smallest absolute Gasteiger partial charge is 0.138 e. The molecule has 0 radical (unpaired) electrons. The highest BCUT2D eigenvalue weighted by atomic mass is 35.5. The molecule has 2 fully saturated rings. The van der Waals surface area contributed by atoms with Gasteiger partial charge in [0.05, 0.1) is 0 Å². The summed E-state index contributed by atoms with van der Waals surface area (Å²) in [5, 5.41) is 3.45.